The van der Waals surface area contributed by atoms with Crippen LogP contribution in [0, 0.1) is 5.92 Å². The van der Waals surface area contributed by atoms with Crippen molar-refractivity contribution >= 4 is 17.7 Å². The van der Waals surface area contributed by atoms with Crippen LogP contribution in [-0.4, -0.2) is 47.0 Å². The molecule has 0 unspecified atom stereocenters. The number of nitrogens with zero attached hydrogens (tertiary/aromatic N) is 4. The molecule has 0 spiro atoms. The Hall–Kier alpha value is -2.70. The van der Waals surface area contributed by atoms with Crippen molar-refractivity contribution in [3.63, 3.8) is 0 Å². The van der Waals surface area contributed by atoms with E-state index in [2.05, 4.69) is 30.5 Å². The van der Waals surface area contributed by atoms with Crippen LogP contribution >= 0.6 is 0 Å². The normalized spacial score (nSPS) is 14.8. The summed E-state index contributed by atoms with van der Waals surface area (Å²) in [5.74, 6) is 2.20. The van der Waals surface area contributed by atoms with Crippen molar-refractivity contribution in [3.8, 4) is 0 Å². The number of pyridine rings is 1. The molecule has 3 rings (SSSR count). The Balaban J connectivity index is 1.38. The molecule has 7 nitrogen and oxygen atoms in total. The van der Waals surface area contributed by atoms with Gasteiger partial charge in [-0.3, -0.25) is 9.78 Å². The number of aromatic nitrogens is 3. The van der Waals surface area contributed by atoms with Gasteiger partial charge < -0.3 is 15.5 Å². The number of rotatable bonds is 8. The third-order valence-electron chi connectivity index (χ3n) is 4.82. The van der Waals surface area contributed by atoms with E-state index >= 15 is 0 Å². The minimum Gasteiger partial charge on any atom is -0.356 e. The maximum absolute atomic E-state index is 12.2. The Morgan fingerprint density at radius 2 is 2.04 bits per heavy atom. The number of anilines is 2. The summed E-state index contributed by atoms with van der Waals surface area (Å²) in [6.07, 6.45) is 6.96. The van der Waals surface area contributed by atoms with Crippen LogP contribution in [-0.2, 0) is 11.2 Å². The number of hydrogen-bond donors (Lipinski definition) is 2. The number of nitrogens with one attached hydrogen (secondary N) is 2. The van der Waals surface area contributed by atoms with Crippen molar-refractivity contribution in [3.05, 3.63) is 42.4 Å². The third kappa shape index (κ3) is 5.91. The molecule has 2 N–H and O–H groups in total. The van der Waals surface area contributed by atoms with E-state index in [0.29, 0.717) is 24.8 Å². The molecule has 0 aliphatic carbocycles. The first-order valence-electron chi connectivity index (χ1n) is 9.73. The zero-order valence-electron chi connectivity index (χ0n) is 15.9. The average Bonchev–Trinajstić information content (AvgIpc) is 2.70. The number of amides is 1. The van der Waals surface area contributed by atoms with Gasteiger partial charge >= 0.3 is 0 Å². The van der Waals surface area contributed by atoms with Crippen molar-refractivity contribution in [2.75, 3.05) is 36.4 Å². The van der Waals surface area contributed by atoms with Crippen LogP contribution in [0.4, 0.5) is 11.8 Å². The average molecular weight is 368 g/mol. The lowest BCUT2D eigenvalue weighted by Gasteiger charge is -2.32. The molecule has 0 aromatic carbocycles. The molecule has 1 aliphatic heterocycles. The first-order valence-corrected chi connectivity index (χ1v) is 9.73. The minimum atomic E-state index is 0.140. The van der Waals surface area contributed by atoms with Gasteiger partial charge in [0.1, 0.15) is 5.82 Å². The molecule has 1 fully saturated rings. The molecule has 3 heterocycles. The van der Waals surface area contributed by atoms with Gasteiger partial charge in [0, 0.05) is 57.1 Å². The fourth-order valence-electron chi connectivity index (χ4n) is 3.35. The van der Waals surface area contributed by atoms with Gasteiger partial charge in [-0.15, -0.1) is 0 Å². The van der Waals surface area contributed by atoms with E-state index < -0.39 is 0 Å². The molecule has 1 saturated heterocycles. The van der Waals surface area contributed by atoms with Gasteiger partial charge in [-0.25, -0.2) is 4.98 Å². The molecule has 27 heavy (non-hydrogen) atoms. The molecule has 1 aliphatic rings. The van der Waals surface area contributed by atoms with Gasteiger partial charge in [0.05, 0.1) is 0 Å². The Morgan fingerprint density at radius 1 is 1.19 bits per heavy atom. The van der Waals surface area contributed by atoms with Gasteiger partial charge in [0.15, 0.2) is 0 Å². The molecule has 2 aromatic rings. The second-order valence-corrected chi connectivity index (χ2v) is 6.82. The highest BCUT2D eigenvalue weighted by atomic mass is 16.1. The number of hydrogen-bond acceptors (Lipinski definition) is 6. The van der Waals surface area contributed by atoms with Crippen LogP contribution in [0.25, 0.3) is 0 Å². The van der Waals surface area contributed by atoms with Crippen molar-refractivity contribution in [2.45, 2.75) is 32.6 Å². The zero-order chi connectivity index (χ0) is 18.9. The van der Waals surface area contributed by atoms with Crippen molar-refractivity contribution in [1.82, 2.24) is 20.3 Å². The lowest BCUT2D eigenvalue weighted by molar-refractivity contribution is -0.122. The smallest absolute Gasteiger partial charge is 0.224 e. The molecule has 0 atom stereocenters. The number of carbonyl (C=O) groups excluding carboxylic acids is 1. The molecule has 2 aromatic heterocycles. The van der Waals surface area contributed by atoms with Gasteiger partial charge in [0.2, 0.25) is 11.9 Å². The predicted molar refractivity (Wildman–Crippen MR) is 107 cm³/mol. The van der Waals surface area contributed by atoms with E-state index in [9.17, 15) is 4.79 Å². The molecular formula is C20H28N6O. The fraction of sp³-hybridized carbons (Fsp3) is 0.500. The van der Waals surface area contributed by atoms with Gasteiger partial charge in [-0.2, -0.15) is 4.98 Å². The number of carbonyl (C=O) groups is 1. The van der Waals surface area contributed by atoms with Crippen LogP contribution in [0.3, 0.4) is 0 Å². The van der Waals surface area contributed by atoms with Crippen LogP contribution in [0.15, 0.2) is 36.7 Å². The molecule has 0 saturated carbocycles. The SMILES string of the molecule is CCNc1nccc(N2CCC(CC(=O)NCCc3ccccn3)CC2)n1. The second kappa shape index (κ2) is 9.85. The van der Waals surface area contributed by atoms with E-state index in [1.165, 1.54) is 0 Å². The summed E-state index contributed by atoms with van der Waals surface area (Å²) in [6, 6.07) is 7.80. The first kappa shape index (κ1) is 19.1. The first-order chi connectivity index (χ1) is 13.2. The highest BCUT2D eigenvalue weighted by molar-refractivity contribution is 5.76. The van der Waals surface area contributed by atoms with Crippen molar-refractivity contribution in [1.29, 1.82) is 0 Å². The summed E-state index contributed by atoms with van der Waals surface area (Å²) >= 11 is 0. The summed E-state index contributed by atoms with van der Waals surface area (Å²) in [6.45, 7) is 5.33. The summed E-state index contributed by atoms with van der Waals surface area (Å²) < 4.78 is 0. The van der Waals surface area contributed by atoms with Gasteiger partial charge in [-0.1, -0.05) is 6.07 Å². The highest BCUT2D eigenvalue weighted by Gasteiger charge is 2.22. The van der Waals surface area contributed by atoms with Crippen LogP contribution in [0.1, 0.15) is 31.9 Å². The largest absolute Gasteiger partial charge is 0.356 e. The molecule has 1 amide bonds. The zero-order valence-corrected chi connectivity index (χ0v) is 15.9. The predicted octanol–water partition coefficient (Wildman–Crippen LogP) is 2.27. The van der Waals surface area contributed by atoms with Crippen molar-refractivity contribution in [2.24, 2.45) is 5.92 Å². The lowest BCUT2D eigenvalue weighted by Crippen LogP contribution is -2.36. The maximum Gasteiger partial charge on any atom is 0.224 e. The van der Waals surface area contributed by atoms with E-state index in [1.807, 2.05) is 31.2 Å². The minimum absolute atomic E-state index is 0.140. The van der Waals surface area contributed by atoms with E-state index in [0.717, 1.165) is 50.4 Å². The molecular weight excluding hydrogens is 340 g/mol. The summed E-state index contributed by atoms with van der Waals surface area (Å²) in [7, 11) is 0. The summed E-state index contributed by atoms with van der Waals surface area (Å²) in [5, 5.41) is 6.17. The van der Waals surface area contributed by atoms with Gasteiger partial charge in [-0.05, 0) is 43.9 Å². The highest BCUT2D eigenvalue weighted by Crippen LogP contribution is 2.24. The maximum atomic E-state index is 12.2. The standard InChI is InChI=1S/C20H28N6O/c1-2-21-20-24-12-7-18(25-20)26-13-8-16(9-14-26)15-19(27)23-11-6-17-5-3-4-10-22-17/h3-5,7,10,12,16H,2,6,8-9,11,13-15H2,1H3,(H,23,27)(H,21,24,25). The molecule has 0 radical (unpaired) electrons. The number of piperidine rings is 1. The van der Waals surface area contributed by atoms with Crippen LogP contribution in [0.2, 0.25) is 0 Å². The van der Waals surface area contributed by atoms with Crippen LogP contribution in [0.5, 0.6) is 0 Å². The topological polar surface area (TPSA) is 83.0 Å². The van der Waals surface area contributed by atoms with E-state index in [-0.39, 0.29) is 5.91 Å². The van der Waals surface area contributed by atoms with Gasteiger partial charge in [0.25, 0.3) is 0 Å². The Bertz CT molecular complexity index is 715. The summed E-state index contributed by atoms with van der Waals surface area (Å²) in [5.41, 5.74) is 1.01. The fourth-order valence-corrected chi connectivity index (χ4v) is 3.35. The Kier molecular flexibility index (Phi) is 6.96. The van der Waals surface area contributed by atoms with E-state index in [4.69, 9.17) is 0 Å². The van der Waals surface area contributed by atoms with Crippen molar-refractivity contribution < 1.29 is 4.79 Å². The monoisotopic (exact) mass is 368 g/mol. The molecule has 0 bridgehead atoms. The Labute approximate surface area is 160 Å². The Morgan fingerprint density at radius 3 is 2.78 bits per heavy atom. The molecule has 144 valence electrons. The quantitative estimate of drug-likeness (QED) is 0.744. The van der Waals surface area contributed by atoms with E-state index in [1.54, 1.807) is 12.4 Å². The second-order valence-electron chi connectivity index (χ2n) is 6.82. The third-order valence-corrected chi connectivity index (χ3v) is 4.82. The lowest BCUT2D eigenvalue weighted by atomic mass is 9.93. The molecule has 7 heteroatoms. The van der Waals surface area contributed by atoms with Crippen LogP contribution < -0.4 is 15.5 Å². The summed E-state index contributed by atoms with van der Waals surface area (Å²) in [4.78, 5) is 27.5.